The standard InChI is InChI=1S/C14H19N5O/c1-20-10-12-16-14(18-17-12)11-5-4-8-19(9-11)13-6-2-3-7-15-13/h2-3,6-7,11H,4-5,8-10H2,1H3,(H,16,17,18)/t11-/m1/s1. The van der Waals surface area contributed by atoms with Gasteiger partial charge in [-0.25, -0.2) is 9.97 Å². The quantitative estimate of drug-likeness (QED) is 0.919. The van der Waals surface area contributed by atoms with E-state index < -0.39 is 0 Å². The van der Waals surface area contributed by atoms with E-state index in [0.29, 0.717) is 12.5 Å². The number of hydrogen-bond donors (Lipinski definition) is 1. The fourth-order valence-electron chi connectivity index (χ4n) is 2.63. The summed E-state index contributed by atoms with van der Waals surface area (Å²) in [6.45, 7) is 2.44. The highest BCUT2D eigenvalue weighted by molar-refractivity contribution is 5.38. The molecule has 2 aromatic rings. The van der Waals surface area contributed by atoms with Gasteiger partial charge in [0, 0.05) is 32.3 Å². The van der Waals surface area contributed by atoms with Crippen LogP contribution in [0.1, 0.15) is 30.4 Å². The molecule has 20 heavy (non-hydrogen) atoms. The monoisotopic (exact) mass is 273 g/mol. The number of ether oxygens (including phenoxy) is 1. The molecule has 1 N–H and O–H groups in total. The van der Waals surface area contributed by atoms with E-state index in [4.69, 9.17) is 4.74 Å². The fourth-order valence-corrected chi connectivity index (χ4v) is 2.63. The zero-order chi connectivity index (χ0) is 13.8. The van der Waals surface area contributed by atoms with E-state index >= 15 is 0 Å². The maximum atomic E-state index is 5.06. The van der Waals surface area contributed by atoms with Crippen LogP contribution in [-0.2, 0) is 11.3 Å². The van der Waals surface area contributed by atoms with Crippen LogP contribution >= 0.6 is 0 Å². The third kappa shape index (κ3) is 2.80. The highest BCUT2D eigenvalue weighted by Crippen LogP contribution is 2.27. The Morgan fingerprint density at radius 3 is 3.20 bits per heavy atom. The van der Waals surface area contributed by atoms with Crippen molar-refractivity contribution in [3.05, 3.63) is 36.0 Å². The Balaban J connectivity index is 1.71. The highest BCUT2D eigenvalue weighted by atomic mass is 16.5. The van der Waals surface area contributed by atoms with Gasteiger partial charge in [0.2, 0.25) is 0 Å². The molecular weight excluding hydrogens is 254 g/mol. The van der Waals surface area contributed by atoms with Gasteiger partial charge in [-0.2, -0.15) is 5.10 Å². The highest BCUT2D eigenvalue weighted by Gasteiger charge is 2.25. The number of hydrogen-bond acceptors (Lipinski definition) is 5. The van der Waals surface area contributed by atoms with E-state index in [1.807, 2.05) is 18.3 Å². The second-order valence-electron chi connectivity index (χ2n) is 5.05. The molecule has 2 aromatic heterocycles. The first-order valence-electron chi connectivity index (χ1n) is 6.93. The minimum Gasteiger partial charge on any atom is -0.377 e. The van der Waals surface area contributed by atoms with E-state index in [9.17, 15) is 0 Å². The molecule has 1 aliphatic rings. The van der Waals surface area contributed by atoms with Crippen LogP contribution in [0.15, 0.2) is 24.4 Å². The number of pyridine rings is 1. The number of piperidine rings is 1. The van der Waals surface area contributed by atoms with Crippen LogP contribution in [0.25, 0.3) is 0 Å². The molecule has 1 atom stereocenters. The molecule has 0 aromatic carbocycles. The van der Waals surface area contributed by atoms with Crippen molar-refractivity contribution in [3.8, 4) is 0 Å². The maximum Gasteiger partial charge on any atom is 0.155 e. The second-order valence-corrected chi connectivity index (χ2v) is 5.05. The predicted octanol–water partition coefficient (Wildman–Crippen LogP) is 1.73. The summed E-state index contributed by atoms with van der Waals surface area (Å²) in [5.74, 6) is 3.06. The van der Waals surface area contributed by atoms with Gasteiger partial charge in [-0.05, 0) is 25.0 Å². The minimum atomic E-state index is 0.354. The van der Waals surface area contributed by atoms with E-state index in [1.165, 1.54) is 0 Å². The Kier molecular flexibility index (Phi) is 3.92. The van der Waals surface area contributed by atoms with Crippen LogP contribution < -0.4 is 4.90 Å². The van der Waals surface area contributed by atoms with E-state index in [0.717, 1.165) is 43.4 Å². The first-order chi connectivity index (χ1) is 9.86. The van der Waals surface area contributed by atoms with Gasteiger partial charge in [0.05, 0.1) is 0 Å². The third-order valence-electron chi connectivity index (χ3n) is 3.59. The lowest BCUT2D eigenvalue weighted by atomic mass is 9.97. The molecule has 1 aliphatic heterocycles. The summed E-state index contributed by atoms with van der Waals surface area (Å²) in [5.41, 5.74) is 0. The third-order valence-corrected chi connectivity index (χ3v) is 3.59. The van der Waals surface area contributed by atoms with E-state index in [2.05, 4.69) is 31.1 Å². The Labute approximate surface area is 118 Å². The van der Waals surface area contributed by atoms with Gasteiger partial charge in [-0.15, -0.1) is 0 Å². The lowest BCUT2D eigenvalue weighted by Crippen LogP contribution is -2.35. The van der Waals surface area contributed by atoms with Crippen LogP contribution in [-0.4, -0.2) is 40.4 Å². The number of nitrogens with zero attached hydrogens (tertiary/aromatic N) is 4. The lowest BCUT2D eigenvalue weighted by molar-refractivity contribution is 0.178. The molecule has 0 aliphatic carbocycles. The van der Waals surface area contributed by atoms with Gasteiger partial charge in [0.15, 0.2) is 11.6 Å². The summed E-state index contributed by atoms with van der Waals surface area (Å²) in [6.07, 6.45) is 4.09. The van der Waals surface area contributed by atoms with Gasteiger partial charge < -0.3 is 9.64 Å². The van der Waals surface area contributed by atoms with Gasteiger partial charge in [0.25, 0.3) is 0 Å². The van der Waals surface area contributed by atoms with Gasteiger partial charge in [0.1, 0.15) is 12.4 Å². The molecule has 0 bridgehead atoms. The van der Waals surface area contributed by atoms with Crippen molar-refractivity contribution in [1.29, 1.82) is 0 Å². The van der Waals surface area contributed by atoms with Gasteiger partial charge in [-0.1, -0.05) is 6.07 Å². The molecule has 1 fully saturated rings. The van der Waals surface area contributed by atoms with Crippen LogP contribution in [0.5, 0.6) is 0 Å². The maximum absolute atomic E-state index is 5.06. The van der Waals surface area contributed by atoms with Crippen molar-refractivity contribution in [1.82, 2.24) is 20.2 Å². The second kappa shape index (κ2) is 6.00. The smallest absolute Gasteiger partial charge is 0.155 e. The number of rotatable bonds is 4. The van der Waals surface area contributed by atoms with E-state index in [1.54, 1.807) is 7.11 Å². The zero-order valence-corrected chi connectivity index (χ0v) is 11.6. The first kappa shape index (κ1) is 13.1. The molecule has 6 nitrogen and oxygen atoms in total. The minimum absolute atomic E-state index is 0.354. The molecular formula is C14H19N5O. The average molecular weight is 273 g/mol. The van der Waals surface area contributed by atoms with E-state index in [-0.39, 0.29) is 0 Å². The Hall–Kier alpha value is -1.95. The summed E-state index contributed by atoms with van der Waals surface area (Å²) in [6, 6.07) is 6.02. The van der Waals surface area contributed by atoms with Crippen molar-refractivity contribution in [2.75, 3.05) is 25.1 Å². The van der Waals surface area contributed by atoms with Crippen molar-refractivity contribution in [3.63, 3.8) is 0 Å². The molecule has 0 spiro atoms. The van der Waals surface area contributed by atoms with Crippen molar-refractivity contribution < 1.29 is 4.74 Å². The summed E-state index contributed by atoms with van der Waals surface area (Å²) in [7, 11) is 1.66. The number of nitrogens with one attached hydrogen (secondary N) is 1. The first-order valence-corrected chi connectivity index (χ1v) is 6.93. The average Bonchev–Trinajstić information content (AvgIpc) is 2.97. The molecule has 0 unspecified atom stereocenters. The fraction of sp³-hybridized carbons (Fsp3) is 0.500. The van der Waals surface area contributed by atoms with Gasteiger partial charge in [-0.3, -0.25) is 5.10 Å². The zero-order valence-electron chi connectivity index (χ0n) is 11.6. The van der Waals surface area contributed by atoms with Crippen molar-refractivity contribution in [2.24, 2.45) is 0 Å². The van der Waals surface area contributed by atoms with Crippen molar-refractivity contribution >= 4 is 5.82 Å². The summed E-state index contributed by atoms with van der Waals surface area (Å²) < 4.78 is 5.06. The molecule has 0 amide bonds. The molecule has 3 rings (SSSR count). The lowest BCUT2D eigenvalue weighted by Gasteiger charge is -2.32. The summed E-state index contributed by atoms with van der Waals surface area (Å²) in [4.78, 5) is 11.2. The predicted molar refractivity (Wildman–Crippen MR) is 75.5 cm³/mol. The largest absolute Gasteiger partial charge is 0.377 e. The SMILES string of the molecule is COCc1nc([C@@H]2CCCN(c3ccccn3)C2)n[nH]1. The Morgan fingerprint density at radius 2 is 2.40 bits per heavy atom. The molecule has 106 valence electrons. The van der Waals surface area contributed by atoms with Crippen LogP contribution in [0, 0.1) is 0 Å². The number of aromatic amines is 1. The van der Waals surface area contributed by atoms with Crippen molar-refractivity contribution in [2.45, 2.75) is 25.4 Å². The molecule has 6 heteroatoms. The Morgan fingerprint density at radius 1 is 1.45 bits per heavy atom. The van der Waals surface area contributed by atoms with Crippen LogP contribution in [0.2, 0.25) is 0 Å². The van der Waals surface area contributed by atoms with Crippen LogP contribution in [0.3, 0.4) is 0 Å². The number of anilines is 1. The normalized spacial score (nSPS) is 19.2. The van der Waals surface area contributed by atoms with Gasteiger partial charge >= 0.3 is 0 Å². The molecule has 1 saturated heterocycles. The van der Waals surface area contributed by atoms with Crippen LogP contribution in [0.4, 0.5) is 5.82 Å². The Bertz CT molecular complexity index is 542. The summed E-state index contributed by atoms with van der Waals surface area (Å²) >= 11 is 0. The number of H-pyrrole nitrogens is 1. The molecule has 3 heterocycles. The topological polar surface area (TPSA) is 66.9 Å². The molecule has 0 saturated carbocycles. The summed E-state index contributed by atoms with van der Waals surface area (Å²) in [5, 5.41) is 7.26. The number of aromatic nitrogens is 4. The number of methoxy groups -OCH3 is 1. The molecule has 0 radical (unpaired) electrons.